The Morgan fingerprint density at radius 2 is 1.62 bits per heavy atom. The Labute approximate surface area is 153 Å². The van der Waals surface area contributed by atoms with Gasteiger partial charge >= 0.3 is 6.18 Å². The molecular formula is C16H25Cl2F3N2O. The molecule has 0 radical (unpaired) electrons. The van der Waals surface area contributed by atoms with E-state index in [1.165, 1.54) is 0 Å². The first-order valence-corrected chi connectivity index (χ1v) is 7.59. The first-order valence-electron chi connectivity index (χ1n) is 7.59. The van der Waals surface area contributed by atoms with E-state index in [0.717, 1.165) is 42.9 Å². The molecule has 3 nitrogen and oxygen atoms in total. The SMILES string of the molecule is Cc1cc(O)cc(C)c1[C@H](CCC(F)(F)F)N1CCNCC1.Cl.Cl. The van der Waals surface area contributed by atoms with E-state index in [-0.39, 0.29) is 43.0 Å². The van der Waals surface area contributed by atoms with E-state index >= 15 is 0 Å². The van der Waals surface area contributed by atoms with E-state index in [2.05, 4.69) is 10.2 Å². The molecule has 24 heavy (non-hydrogen) atoms. The monoisotopic (exact) mass is 388 g/mol. The van der Waals surface area contributed by atoms with Gasteiger partial charge in [-0.05, 0) is 49.1 Å². The summed E-state index contributed by atoms with van der Waals surface area (Å²) in [6.45, 7) is 6.76. The average Bonchev–Trinajstić information content (AvgIpc) is 2.41. The third kappa shape index (κ3) is 6.31. The van der Waals surface area contributed by atoms with Gasteiger partial charge in [0.2, 0.25) is 0 Å². The molecule has 1 fully saturated rings. The second-order valence-corrected chi connectivity index (χ2v) is 5.95. The predicted octanol–water partition coefficient (Wildman–Crippen LogP) is 4.14. The van der Waals surface area contributed by atoms with Gasteiger partial charge in [-0.25, -0.2) is 0 Å². The minimum Gasteiger partial charge on any atom is -0.508 e. The Bertz CT molecular complexity index is 498. The van der Waals surface area contributed by atoms with Crippen LogP contribution in [-0.2, 0) is 0 Å². The van der Waals surface area contributed by atoms with Gasteiger partial charge in [-0.1, -0.05) is 0 Å². The zero-order valence-electron chi connectivity index (χ0n) is 13.8. The van der Waals surface area contributed by atoms with Crippen LogP contribution in [0.1, 0.15) is 35.6 Å². The summed E-state index contributed by atoms with van der Waals surface area (Å²) >= 11 is 0. The maximum Gasteiger partial charge on any atom is 0.389 e. The van der Waals surface area contributed by atoms with Crippen LogP contribution in [0.5, 0.6) is 5.75 Å². The fourth-order valence-electron chi connectivity index (χ4n) is 3.28. The second kappa shape index (κ2) is 9.70. The van der Waals surface area contributed by atoms with E-state index in [1.807, 2.05) is 13.8 Å². The first-order chi connectivity index (χ1) is 10.3. The molecule has 1 atom stereocenters. The van der Waals surface area contributed by atoms with Crippen LogP contribution >= 0.6 is 24.8 Å². The van der Waals surface area contributed by atoms with Gasteiger partial charge in [0.1, 0.15) is 5.75 Å². The van der Waals surface area contributed by atoms with Crippen LogP contribution in [0.3, 0.4) is 0 Å². The molecule has 0 unspecified atom stereocenters. The fraction of sp³-hybridized carbons (Fsp3) is 0.625. The van der Waals surface area contributed by atoms with Gasteiger partial charge in [0, 0.05) is 38.6 Å². The van der Waals surface area contributed by atoms with E-state index in [0.29, 0.717) is 0 Å². The number of alkyl halides is 3. The molecule has 0 bridgehead atoms. The lowest BCUT2D eigenvalue weighted by atomic mass is 9.91. The predicted molar refractivity (Wildman–Crippen MR) is 94.5 cm³/mol. The van der Waals surface area contributed by atoms with Crippen LogP contribution in [0, 0.1) is 13.8 Å². The summed E-state index contributed by atoms with van der Waals surface area (Å²) in [6, 6.07) is 3.00. The van der Waals surface area contributed by atoms with Gasteiger partial charge in [0.25, 0.3) is 0 Å². The minimum atomic E-state index is -4.15. The van der Waals surface area contributed by atoms with Crippen molar-refractivity contribution in [2.75, 3.05) is 26.2 Å². The van der Waals surface area contributed by atoms with Gasteiger partial charge in [-0.3, -0.25) is 4.90 Å². The molecule has 0 amide bonds. The van der Waals surface area contributed by atoms with Crippen LogP contribution < -0.4 is 5.32 Å². The van der Waals surface area contributed by atoms with E-state index in [1.54, 1.807) is 12.1 Å². The lowest BCUT2D eigenvalue weighted by Crippen LogP contribution is -2.45. The molecule has 0 saturated carbocycles. The molecule has 1 aromatic carbocycles. The Morgan fingerprint density at radius 3 is 2.08 bits per heavy atom. The van der Waals surface area contributed by atoms with Gasteiger partial charge in [0.15, 0.2) is 0 Å². The van der Waals surface area contributed by atoms with Crippen molar-refractivity contribution in [1.29, 1.82) is 0 Å². The number of benzene rings is 1. The zero-order chi connectivity index (χ0) is 16.3. The molecule has 1 saturated heterocycles. The second-order valence-electron chi connectivity index (χ2n) is 5.95. The van der Waals surface area contributed by atoms with E-state index in [9.17, 15) is 18.3 Å². The van der Waals surface area contributed by atoms with Crippen LogP contribution in [0.4, 0.5) is 13.2 Å². The van der Waals surface area contributed by atoms with Crippen LogP contribution in [0.15, 0.2) is 12.1 Å². The average molecular weight is 389 g/mol. The van der Waals surface area contributed by atoms with Crippen molar-refractivity contribution in [1.82, 2.24) is 10.2 Å². The summed E-state index contributed by atoms with van der Waals surface area (Å²) < 4.78 is 38.1. The van der Waals surface area contributed by atoms with Crippen molar-refractivity contribution in [2.45, 2.75) is 38.9 Å². The molecule has 0 spiro atoms. The molecular weight excluding hydrogens is 364 g/mol. The number of aromatic hydroxyl groups is 1. The number of phenolic OH excluding ortho intramolecular Hbond substituents is 1. The molecule has 140 valence electrons. The molecule has 8 heteroatoms. The van der Waals surface area contributed by atoms with Crippen molar-refractivity contribution in [3.63, 3.8) is 0 Å². The number of piperazine rings is 1. The number of phenols is 1. The molecule has 0 aliphatic carbocycles. The number of halogens is 5. The molecule has 1 heterocycles. The number of hydrogen-bond donors (Lipinski definition) is 2. The summed E-state index contributed by atoms with van der Waals surface area (Å²) in [6.07, 6.45) is -4.89. The standard InChI is InChI=1S/C16H23F3N2O.2ClH/c1-11-9-13(22)10-12(2)15(11)14(3-4-16(17,18)19)21-7-5-20-6-8-21;;/h9-10,14,20,22H,3-8H2,1-2H3;2*1H/t14-;;/m0../s1. The molecule has 2 rings (SSSR count). The molecule has 0 aromatic heterocycles. The third-order valence-corrected chi connectivity index (χ3v) is 4.21. The lowest BCUT2D eigenvalue weighted by Gasteiger charge is -2.37. The Kier molecular flexibility index (Phi) is 9.43. The number of nitrogens with zero attached hydrogens (tertiary/aromatic N) is 1. The van der Waals surface area contributed by atoms with Crippen molar-refractivity contribution >= 4 is 24.8 Å². The van der Waals surface area contributed by atoms with Crippen molar-refractivity contribution in [2.24, 2.45) is 0 Å². The quantitative estimate of drug-likeness (QED) is 0.813. The lowest BCUT2D eigenvalue weighted by molar-refractivity contribution is -0.138. The number of aryl methyl sites for hydroxylation is 2. The number of nitrogens with one attached hydrogen (secondary N) is 1. The summed E-state index contributed by atoms with van der Waals surface area (Å²) in [5.74, 6) is 0.161. The van der Waals surface area contributed by atoms with Gasteiger partial charge in [0.05, 0.1) is 0 Å². The maximum atomic E-state index is 12.7. The largest absolute Gasteiger partial charge is 0.508 e. The molecule has 1 aliphatic heterocycles. The fourth-order valence-corrected chi connectivity index (χ4v) is 3.28. The van der Waals surface area contributed by atoms with Crippen molar-refractivity contribution < 1.29 is 18.3 Å². The summed E-state index contributed by atoms with van der Waals surface area (Å²) in [4.78, 5) is 2.12. The van der Waals surface area contributed by atoms with E-state index in [4.69, 9.17) is 0 Å². The van der Waals surface area contributed by atoms with Crippen LogP contribution in [0.2, 0.25) is 0 Å². The Balaban J connectivity index is 0.00000264. The van der Waals surface area contributed by atoms with E-state index < -0.39 is 12.6 Å². The normalized spacial score (nSPS) is 16.9. The highest BCUT2D eigenvalue weighted by atomic mass is 35.5. The highest BCUT2D eigenvalue weighted by Gasteiger charge is 2.32. The molecule has 1 aromatic rings. The first kappa shape index (κ1) is 23.3. The highest BCUT2D eigenvalue weighted by molar-refractivity contribution is 5.85. The van der Waals surface area contributed by atoms with Gasteiger partial charge in [-0.15, -0.1) is 24.8 Å². The summed E-state index contributed by atoms with van der Waals surface area (Å²) in [5.41, 5.74) is 2.62. The van der Waals surface area contributed by atoms with Gasteiger partial charge in [-0.2, -0.15) is 13.2 Å². The van der Waals surface area contributed by atoms with Gasteiger partial charge < -0.3 is 10.4 Å². The Morgan fingerprint density at radius 1 is 1.12 bits per heavy atom. The zero-order valence-corrected chi connectivity index (χ0v) is 15.5. The van der Waals surface area contributed by atoms with Crippen LogP contribution in [-0.4, -0.2) is 42.4 Å². The maximum absolute atomic E-state index is 12.7. The topological polar surface area (TPSA) is 35.5 Å². The third-order valence-electron chi connectivity index (χ3n) is 4.21. The van der Waals surface area contributed by atoms with Crippen molar-refractivity contribution in [3.8, 4) is 5.75 Å². The summed E-state index contributed by atoms with van der Waals surface area (Å²) in [5, 5.41) is 12.9. The molecule has 2 N–H and O–H groups in total. The number of hydrogen-bond acceptors (Lipinski definition) is 3. The minimum absolute atomic E-state index is 0. The molecule has 1 aliphatic rings. The van der Waals surface area contributed by atoms with Crippen molar-refractivity contribution in [3.05, 3.63) is 28.8 Å². The summed E-state index contributed by atoms with van der Waals surface area (Å²) in [7, 11) is 0. The number of rotatable bonds is 4. The Hall–Kier alpha value is -0.690. The highest BCUT2D eigenvalue weighted by Crippen LogP contribution is 2.36. The van der Waals surface area contributed by atoms with Crippen LogP contribution in [0.25, 0.3) is 0 Å². The smallest absolute Gasteiger partial charge is 0.389 e.